The van der Waals surface area contributed by atoms with E-state index in [1.54, 1.807) is 13.0 Å². The zero-order valence-corrected chi connectivity index (χ0v) is 15.5. The molecule has 3 saturated carbocycles. The molecule has 1 aromatic rings. The normalized spacial score (nSPS) is 41.3. The minimum absolute atomic E-state index is 0.0919. The van der Waals surface area contributed by atoms with Gasteiger partial charge in [-0.3, -0.25) is 4.79 Å². The summed E-state index contributed by atoms with van der Waals surface area (Å²) in [7, 11) is 0. The van der Waals surface area contributed by atoms with E-state index < -0.39 is 5.60 Å². The third-order valence-electron chi connectivity index (χ3n) is 7.90. The molecule has 1 heterocycles. The van der Waals surface area contributed by atoms with Gasteiger partial charge in [-0.25, -0.2) is 4.39 Å². The molecular weight excluding hydrogens is 329 g/mol. The van der Waals surface area contributed by atoms with E-state index in [0.29, 0.717) is 41.3 Å². The van der Waals surface area contributed by atoms with Gasteiger partial charge >= 0.3 is 0 Å². The number of hydrogen-bond acceptors (Lipinski definition) is 2. The number of halogens is 1. The highest BCUT2D eigenvalue weighted by atomic mass is 19.1. The summed E-state index contributed by atoms with van der Waals surface area (Å²) in [6.07, 6.45) is 6.42. The number of likely N-dealkylation sites (tertiary alicyclic amines) is 1. The van der Waals surface area contributed by atoms with Crippen molar-refractivity contribution in [3.63, 3.8) is 0 Å². The molecule has 1 aromatic carbocycles. The number of benzene rings is 1. The Hall–Kier alpha value is -1.42. The number of rotatable bonds is 3. The van der Waals surface area contributed by atoms with Gasteiger partial charge in [0.1, 0.15) is 5.82 Å². The Morgan fingerprint density at radius 1 is 1.31 bits per heavy atom. The molecule has 1 saturated heterocycles. The summed E-state index contributed by atoms with van der Waals surface area (Å²) < 4.78 is 14.3. The number of nitrogens with zero attached hydrogens (tertiary/aromatic N) is 1. The molecule has 3 unspecified atom stereocenters. The molecule has 1 N–H and O–H groups in total. The van der Waals surface area contributed by atoms with Gasteiger partial charge in [0, 0.05) is 18.5 Å². The smallest absolute Gasteiger partial charge is 0.226 e. The third-order valence-corrected chi connectivity index (χ3v) is 7.90. The molecule has 4 heteroatoms. The maximum Gasteiger partial charge on any atom is 0.226 e. The molecule has 0 radical (unpaired) electrons. The SMILES string of the molecule is Cc1cccc(CC2CCN([C@@H]3CC[C@]4(O)CC5CC4[C@H]3C5)C2=O)c1F. The topological polar surface area (TPSA) is 40.5 Å². The quantitative estimate of drug-likeness (QED) is 0.900. The van der Waals surface area contributed by atoms with Crippen LogP contribution in [-0.4, -0.2) is 34.1 Å². The zero-order valence-electron chi connectivity index (χ0n) is 15.5. The molecule has 2 bridgehead atoms. The van der Waals surface area contributed by atoms with Crippen LogP contribution in [0.1, 0.15) is 49.7 Å². The number of aliphatic hydroxyl groups is 1. The van der Waals surface area contributed by atoms with Crippen molar-refractivity contribution >= 4 is 5.91 Å². The zero-order chi connectivity index (χ0) is 18.1. The molecule has 1 aliphatic heterocycles. The lowest BCUT2D eigenvalue weighted by atomic mass is 9.65. The lowest BCUT2D eigenvalue weighted by Gasteiger charge is -2.49. The van der Waals surface area contributed by atoms with E-state index >= 15 is 0 Å². The first kappa shape index (κ1) is 16.7. The number of carbonyl (C=O) groups is 1. The Bertz CT molecular complexity index is 750. The first-order valence-electron chi connectivity index (χ1n) is 10.2. The summed E-state index contributed by atoms with van der Waals surface area (Å²) in [5.41, 5.74) is 0.873. The highest BCUT2D eigenvalue weighted by molar-refractivity contribution is 5.81. The second-order valence-electron chi connectivity index (χ2n) is 9.29. The summed E-state index contributed by atoms with van der Waals surface area (Å²) >= 11 is 0. The largest absolute Gasteiger partial charge is 0.390 e. The van der Waals surface area contributed by atoms with E-state index in [0.717, 1.165) is 38.6 Å². The third kappa shape index (κ3) is 2.37. The van der Waals surface area contributed by atoms with Gasteiger partial charge in [-0.15, -0.1) is 0 Å². The molecule has 6 atom stereocenters. The van der Waals surface area contributed by atoms with E-state index in [9.17, 15) is 14.3 Å². The fraction of sp³-hybridized carbons (Fsp3) is 0.682. The van der Waals surface area contributed by atoms with Crippen LogP contribution >= 0.6 is 0 Å². The van der Waals surface area contributed by atoms with Crippen LogP contribution in [-0.2, 0) is 11.2 Å². The lowest BCUT2D eigenvalue weighted by molar-refractivity contribution is -0.141. The van der Waals surface area contributed by atoms with Crippen LogP contribution in [0.3, 0.4) is 0 Å². The highest BCUT2D eigenvalue weighted by Gasteiger charge is 2.60. The maximum absolute atomic E-state index is 14.3. The average molecular weight is 357 g/mol. The standard InChI is InChI=1S/C22H28FNO2/c1-13-3-2-4-15(20(13)23)11-16-6-8-24(21(16)25)19-5-7-22(26)12-14-9-17(19)18(22)10-14/h2-4,14,16-19,26H,5-12H2,1H3/t14?,16?,17-,18?,19-,22+/m1/s1. The van der Waals surface area contributed by atoms with Crippen molar-refractivity contribution in [2.75, 3.05) is 6.54 Å². The van der Waals surface area contributed by atoms with E-state index in [1.165, 1.54) is 6.42 Å². The fourth-order valence-corrected chi connectivity index (χ4v) is 6.74. The second kappa shape index (κ2) is 5.79. The van der Waals surface area contributed by atoms with E-state index in [2.05, 4.69) is 4.90 Å². The van der Waals surface area contributed by atoms with Crippen LogP contribution in [0.4, 0.5) is 4.39 Å². The van der Waals surface area contributed by atoms with Gasteiger partial charge in [0.25, 0.3) is 0 Å². The van der Waals surface area contributed by atoms with Crippen molar-refractivity contribution in [1.82, 2.24) is 4.90 Å². The number of carbonyl (C=O) groups excluding carboxylic acids is 1. The lowest BCUT2D eigenvalue weighted by Crippen LogP contribution is -2.54. The molecular formula is C22H28FNO2. The van der Waals surface area contributed by atoms with Crippen molar-refractivity contribution in [3.05, 3.63) is 35.1 Å². The van der Waals surface area contributed by atoms with Gasteiger partial charge in [-0.05, 0) is 80.8 Å². The summed E-state index contributed by atoms with van der Waals surface area (Å²) in [5, 5.41) is 10.9. The van der Waals surface area contributed by atoms with Crippen molar-refractivity contribution in [3.8, 4) is 0 Å². The van der Waals surface area contributed by atoms with Crippen LogP contribution in [0.15, 0.2) is 18.2 Å². The minimum atomic E-state index is -0.447. The molecule has 4 fully saturated rings. The van der Waals surface area contributed by atoms with Gasteiger partial charge in [0.2, 0.25) is 5.91 Å². The molecule has 1 amide bonds. The first-order valence-corrected chi connectivity index (χ1v) is 10.2. The number of fused-ring (bicyclic) bond motifs is 1. The van der Waals surface area contributed by atoms with Crippen LogP contribution in [0, 0.1) is 36.4 Å². The molecule has 3 nitrogen and oxygen atoms in total. The van der Waals surface area contributed by atoms with Crippen molar-refractivity contribution < 1.29 is 14.3 Å². The molecule has 26 heavy (non-hydrogen) atoms. The van der Waals surface area contributed by atoms with Crippen LogP contribution in [0.25, 0.3) is 0 Å². The Balaban J connectivity index is 1.32. The van der Waals surface area contributed by atoms with E-state index in [1.807, 2.05) is 12.1 Å². The highest BCUT2D eigenvalue weighted by Crippen LogP contribution is 2.60. The molecule has 5 rings (SSSR count). The monoisotopic (exact) mass is 357 g/mol. The van der Waals surface area contributed by atoms with Gasteiger partial charge < -0.3 is 10.0 Å². The molecule has 4 aliphatic rings. The van der Waals surface area contributed by atoms with Crippen molar-refractivity contribution in [2.45, 2.75) is 63.5 Å². The maximum atomic E-state index is 14.3. The Morgan fingerprint density at radius 2 is 2.15 bits per heavy atom. The van der Waals surface area contributed by atoms with Gasteiger partial charge in [-0.2, -0.15) is 0 Å². The first-order chi connectivity index (χ1) is 12.5. The van der Waals surface area contributed by atoms with Crippen LogP contribution in [0.2, 0.25) is 0 Å². The van der Waals surface area contributed by atoms with Crippen LogP contribution < -0.4 is 0 Å². The predicted molar refractivity (Wildman–Crippen MR) is 97.0 cm³/mol. The van der Waals surface area contributed by atoms with E-state index in [-0.39, 0.29) is 17.6 Å². The molecule has 3 aliphatic carbocycles. The summed E-state index contributed by atoms with van der Waals surface area (Å²) in [4.78, 5) is 15.2. The van der Waals surface area contributed by atoms with Gasteiger partial charge in [-0.1, -0.05) is 18.2 Å². The number of hydrogen-bond donors (Lipinski definition) is 1. The molecule has 140 valence electrons. The minimum Gasteiger partial charge on any atom is -0.390 e. The Labute approximate surface area is 154 Å². The Kier molecular flexibility index (Phi) is 3.72. The summed E-state index contributed by atoms with van der Waals surface area (Å²) in [6.45, 7) is 2.58. The fourth-order valence-electron chi connectivity index (χ4n) is 6.74. The molecule has 0 aromatic heterocycles. The average Bonchev–Trinajstić information content (AvgIpc) is 3.27. The summed E-state index contributed by atoms with van der Waals surface area (Å²) in [6, 6.07) is 5.77. The summed E-state index contributed by atoms with van der Waals surface area (Å²) in [5.74, 6) is 1.50. The Morgan fingerprint density at radius 3 is 2.96 bits per heavy atom. The van der Waals surface area contributed by atoms with Crippen LogP contribution in [0.5, 0.6) is 0 Å². The van der Waals surface area contributed by atoms with Gasteiger partial charge in [0.05, 0.1) is 5.60 Å². The van der Waals surface area contributed by atoms with E-state index in [4.69, 9.17) is 0 Å². The second-order valence-corrected chi connectivity index (χ2v) is 9.29. The van der Waals surface area contributed by atoms with Gasteiger partial charge in [0.15, 0.2) is 0 Å². The molecule has 0 spiro atoms. The number of amides is 1. The van der Waals surface area contributed by atoms with Crippen molar-refractivity contribution in [1.29, 1.82) is 0 Å². The van der Waals surface area contributed by atoms with Crippen molar-refractivity contribution in [2.24, 2.45) is 23.7 Å². The number of aryl methyl sites for hydroxylation is 1. The predicted octanol–water partition coefficient (Wildman–Crippen LogP) is 3.46.